The van der Waals surface area contributed by atoms with Gasteiger partial charge >= 0.3 is 0 Å². The molecular formula is C9H10BrNO. The van der Waals surface area contributed by atoms with Gasteiger partial charge in [-0.25, -0.2) is 0 Å². The Morgan fingerprint density at radius 3 is 3.00 bits per heavy atom. The maximum Gasteiger partial charge on any atom is 0.142 e. The highest BCUT2D eigenvalue weighted by atomic mass is 79.9. The van der Waals surface area contributed by atoms with Gasteiger partial charge in [-0.15, -0.1) is 0 Å². The average molecular weight is 228 g/mol. The molecule has 0 aliphatic heterocycles. The molecule has 1 aliphatic rings. The van der Waals surface area contributed by atoms with Gasteiger partial charge in [-0.3, -0.25) is 4.98 Å². The summed E-state index contributed by atoms with van der Waals surface area (Å²) in [5, 5.41) is 0. The number of pyridine rings is 1. The molecule has 0 atom stereocenters. The molecule has 2 rings (SSSR count). The summed E-state index contributed by atoms with van der Waals surface area (Å²) in [6.45, 7) is 1.96. The predicted molar refractivity (Wildman–Crippen MR) is 50.3 cm³/mol. The largest absolute Gasteiger partial charge is 0.488 e. The zero-order valence-electron chi connectivity index (χ0n) is 6.88. The zero-order valence-corrected chi connectivity index (χ0v) is 8.47. The molecule has 0 amide bonds. The lowest BCUT2D eigenvalue weighted by Crippen LogP contribution is -1.98. The van der Waals surface area contributed by atoms with Crippen molar-refractivity contribution in [3.05, 3.63) is 22.4 Å². The lowest BCUT2D eigenvalue weighted by molar-refractivity contribution is 0.299. The van der Waals surface area contributed by atoms with Gasteiger partial charge in [-0.05, 0) is 41.8 Å². The Morgan fingerprint density at radius 1 is 1.58 bits per heavy atom. The molecule has 2 nitrogen and oxygen atoms in total. The quantitative estimate of drug-likeness (QED) is 0.776. The van der Waals surface area contributed by atoms with Crippen molar-refractivity contribution in [1.29, 1.82) is 0 Å². The van der Waals surface area contributed by atoms with E-state index in [9.17, 15) is 0 Å². The van der Waals surface area contributed by atoms with E-state index in [1.165, 1.54) is 12.8 Å². The second kappa shape index (κ2) is 3.05. The SMILES string of the molecule is Cc1ncc(Br)cc1OC1CC1. The average Bonchev–Trinajstić information content (AvgIpc) is 2.81. The first kappa shape index (κ1) is 8.05. The molecule has 0 bridgehead atoms. The van der Waals surface area contributed by atoms with Crippen LogP contribution in [0, 0.1) is 6.92 Å². The summed E-state index contributed by atoms with van der Waals surface area (Å²) >= 11 is 3.36. The summed E-state index contributed by atoms with van der Waals surface area (Å²) < 4.78 is 6.62. The number of ether oxygens (including phenoxy) is 1. The van der Waals surface area contributed by atoms with Crippen LogP contribution in [0.4, 0.5) is 0 Å². The second-order valence-electron chi connectivity index (χ2n) is 3.05. The van der Waals surface area contributed by atoms with Gasteiger partial charge < -0.3 is 4.74 Å². The minimum atomic E-state index is 0.444. The molecule has 1 fully saturated rings. The van der Waals surface area contributed by atoms with Crippen LogP contribution >= 0.6 is 15.9 Å². The van der Waals surface area contributed by atoms with Gasteiger partial charge in [0.2, 0.25) is 0 Å². The van der Waals surface area contributed by atoms with Gasteiger partial charge in [0.25, 0.3) is 0 Å². The van der Waals surface area contributed by atoms with E-state index in [2.05, 4.69) is 20.9 Å². The van der Waals surface area contributed by atoms with E-state index in [1.807, 2.05) is 13.0 Å². The number of nitrogens with zero attached hydrogens (tertiary/aromatic N) is 1. The molecule has 1 saturated carbocycles. The van der Waals surface area contributed by atoms with Gasteiger partial charge in [0.15, 0.2) is 0 Å². The number of aromatic nitrogens is 1. The Balaban J connectivity index is 2.21. The zero-order chi connectivity index (χ0) is 8.55. The summed E-state index contributed by atoms with van der Waals surface area (Å²) in [4.78, 5) is 4.19. The Bertz CT molecular complexity index is 297. The molecule has 0 N–H and O–H groups in total. The maximum atomic E-state index is 5.64. The van der Waals surface area contributed by atoms with Crippen LogP contribution in [-0.4, -0.2) is 11.1 Å². The standard InChI is InChI=1S/C9H10BrNO/c1-6-9(12-8-2-3-8)4-7(10)5-11-6/h4-5,8H,2-3H2,1H3. The first-order valence-corrected chi connectivity index (χ1v) is 4.84. The first-order chi connectivity index (χ1) is 5.75. The fraction of sp³-hybridized carbons (Fsp3) is 0.444. The number of hydrogen-bond donors (Lipinski definition) is 0. The van der Waals surface area contributed by atoms with E-state index in [4.69, 9.17) is 4.74 Å². The summed E-state index contributed by atoms with van der Waals surface area (Å²) in [6.07, 6.45) is 4.60. The van der Waals surface area contributed by atoms with Crippen LogP contribution < -0.4 is 4.74 Å². The van der Waals surface area contributed by atoms with Crippen molar-refractivity contribution in [2.75, 3.05) is 0 Å². The molecule has 1 aromatic rings. The third kappa shape index (κ3) is 1.78. The predicted octanol–water partition coefficient (Wildman–Crippen LogP) is 2.69. The third-order valence-electron chi connectivity index (χ3n) is 1.83. The lowest BCUT2D eigenvalue weighted by atomic mass is 10.3. The van der Waals surface area contributed by atoms with Crippen molar-refractivity contribution in [3.63, 3.8) is 0 Å². The molecule has 0 spiro atoms. The van der Waals surface area contributed by atoms with E-state index >= 15 is 0 Å². The highest BCUT2D eigenvalue weighted by molar-refractivity contribution is 9.10. The van der Waals surface area contributed by atoms with E-state index in [-0.39, 0.29) is 0 Å². The molecule has 1 aromatic heterocycles. The van der Waals surface area contributed by atoms with Crippen molar-refractivity contribution in [2.45, 2.75) is 25.9 Å². The molecule has 12 heavy (non-hydrogen) atoms. The van der Waals surface area contributed by atoms with Crippen LogP contribution in [0.2, 0.25) is 0 Å². The highest BCUT2D eigenvalue weighted by Gasteiger charge is 2.24. The van der Waals surface area contributed by atoms with Gasteiger partial charge in [0.1, 0.15) is 5.75 Å². The van der Waals surface area contributed by atoms with Gasteiger partial charge in [0, 0.05) is 10.7 Å². The summed E-state index contributed by atoms with van der Waals surface area (Å²) in [7, 11) is 0. The van der Waals surface area contributed by atoms with Gasteiger partial charge in [-0.2, -0.15) is 0 Å². The second-order valence-corrected chi connectivity index (χ2v) is 3.97. The van der Waals surface area contributed by atoms with E-state index in [0.29, 0.717) is 6.10 Å². The smallest absolute Gasteiger partial charge is 0.142 e. The summed E-state index contributed by atoms with van der Waals surface area (Å²) in [5.41, 5.74) is 0.963. The number of hydrogen-bond acceptors (Lipinski definition) is 2. The Morgan fingerprint density at radius 2 is 2.33 bits per heavy atom. The fourth-order valence-electron chi connectivity index (χ4n) is 0.974. The Hall–Kier alpha value is -0.570. The third-order valence-corrected chi connectivity index (χ3v) is 2.26. The number of rotatable bonds is 2. The molecular weight excluding hydrogens is 218 g/mol. The normalized spacial score (nSPS) is 16.2. The van der Waals surface area contributed by atoms with Crippen molar-refractivity contribution in [2.24, 2.45) is 0 Å². The van der Waals surface area contributed by atoms with Crippen molar-refractivity contribution in [1.82, 2.24) is 4.98 Å². The molecule has 3 heteroatoms. The van der Waals surface area contributed by atoms with E-state index < -0.39 is 0 Å². The van der Waals surface area contributed by atoms with E-state index in [1.54, 1.807) is 6.20 Å². The van der Waals surface area contributed by atoms with E-state index in [0.717, 1.165) is 15.9 Å². The minimum absolute atomic E-state index is 0.444. The molecule has 0 saturated heterocycles. The molecule has 1 aliphatic carbocycles. The van der Waals surface area contributed by atoms with Crippen molar-refractivity contribution < 1.29 is 4.74 Å². The van der Waals surface area contributed by atoms with Crippen molar-refractivity contribution in [3.8, 4) is 5.75 Å². The van der Waals surface area contributed by atoms with Gasteiger partial charge in [0.05, 0.1) is 11.8 Å². The van der Waals surface area contributed by atoms with Crippen LogP contribution in [0.25, 0.3) is 0 Å². The van der Waals surface area contributed by atoms with Crippen LogP contribution in [0.5, 0.6) is 5.75 Å². The summed E-state index contributed by atoms with van der Waals surface area (Å²) in [6, 6.07) is 1.97. The first-order valence-electron chi connectivity index (χ1n) is 4.04. The molecule has 0 aromatic carbocycles. The Kier molecular flexibility index (Phi) is 2.05. The van der Waals surface area contributed by atoms with Gasteiger partial charge in [-0.1, -0.05) is 0 Å². The Labute approximate surface area is 80.1 Å². The highest BCUT2D eigenvalue weighted by Crippen LogP contribution is 2.29. The van der Waals surface area contributed by atoms with Crippen molar-refractivity contribution >= 4 is 15.9 Å². The minimum Gasteiger partial charge on any atom is -0.488 e. The summed E-state index contributed by atoms with van der Waals surface area (Å²) in [5.74, 6) is 0.909. The topological polar surface area (TPSA) is 22.1 Å². The van der Waals surface area contributed by atoms with Crippen LogP contribution in [0.3, 0.4) is 0 Å². The van der Waals surface area contributed by atoms with Crippen LogP contribution in [-0.2, 0) is 0 Å². The van der Waals surface area contributed by atoms with Crippen LogP contribution in [0.15, 0.2) is 16.7 Å². The molecule has 64 valence electrons. The number of aryl methyl sites for hydroxylation is 1. The molecule has 0 radical (unpaired) electrons. The molecule has 0 unspecified atom stereocenters. The van der Waals surface area contributed by atoms with Crippen LogP contribution in [0.1, 0.15) is 18.5 Å². The fourth-order valence-corrected chi connectivity index (χ4v) is 1.28. The maximum absolute atomic E-state index is 5.64. The number of halogens is 1. The monoisotopic (exact) mass is 227 g/mol. The molecule has 1 heterocycles. The lowest BCUT2D eigenvalue weighted by Gasteiger charge is -2.06.